The molecule has 7 nitrogen and oxygen atoms in total. The monoisotopic (exact) mass is 617 g/mol. The van der Waals surface area contributed by atoms with Crippen molar-refractivity contribution in [2.75, 3.05) is 51.5 Å². The number of ether oxygens (including phenoxy) is 3. The summed E-state index contributed by atoms with van der Waals surface area (Å²) in [5, 5.41) is 6.60. The highest BCUT2D eigenvalue weighted by Gasteiger charge is 2.40. The number of carbonyl (C=O) groups is 1. The Bertz CT molecular complexity index is 1500. The van der Waals surface area contributed by atoms with Crippen molar-refractivity contribution in [2.45, 2.75) is 83.7 Å². The van der Waals surface area contributed by atoms with Crippen LogP contribution in [0.4, 0.5) is 10.1 Å². The van der Waals surface area contributed by atoms with Crippen molar-refractivity contribution in [2.24, 2.45) is 0 Å². The van der Waals surface area contributed by atoms with Crippen molar-refractivity contribution in [1.82, 2.24) is 10.6 Å². The summed E-state index contributed by atoms with van der Waals surface area (Å²) in [5.41, 5.74) is 8.18. The number of hydrogen-bond donors (Lipinski definition) is 2. The van der Waals surface area contributed by atoms with Crippen LogP contribution in [0.3, 0.4) is 0 Å². The Morgan fingerprint density at radius 2 is 1.82 bits per heavy atom. The molecule has 6 rings (SSSR count). The molecule has 3 heterocycles. The number of methoxy groups -OCH3 is 1. The van der Waals surface area contributed by atoms with Gasteiger partial charge in [0, 0.05) is 85.1 Å². The third kappa shape index (κ3) is 6.11. The van der Waals surface area contributed by atoms with Crippen molar-refractivity contribution in [3.63, 3.8) is 0 Å². The van der Waals surface area contributed by atoms with Crippen LogP contribution in [0, 0.1) is 12.7 Å². The maximum atomic E-state index is 16.0. The van der Waals surface area contributed by atoms with E-state index in [1.807, 2.05) is 26.0 Å². The summed E-state index contributed by atoms with van der Waals surface area (Å²) < 4.78 is 33.1. The van der Waals surface area contributed by atoms with Crippen LogP contribution in [0.25, 0.3) is 11.1 Å². The summed E-state index contributed by atoms with van der Waals surface area (Å²) in [4.78, 5) is 16.4. The summed E-state index contributed by atoms with van der Waals surface area (Å²) >= 11 is 0. The number of hydrogen-bond acceptors (Lipinski definition) is 6. The lowest BCUT2D eigenvalue weighted by molar-refractivity contribution is 0.0506. The molecule has 3 aliphatic heterocycles. The maximum Gasteiger partial charge on any atom is 0.251 e. The molecule has 0 saturated carbocycles. The van der Waals surface area contributed by atoms with Crippen molar-refractivity contribution in [1.29, 1.82) is 0 Å². The van der Waals surface area contributed by atoms with E-state index in [4.69, 9.17) is 14.2 Å². The van der Waals surface area contributed by atoms with Gasteiger partial charge in [0.2, 0.25) is 0 Å². The molecular formula is C37H48FN3O4. The fourth-order valence-electron chi connectivity index (χ4n) is 8.01. The van der Waals surface area contributed by atoms with Crippen LogP contribution in [-0.4, -0.2) is 64.6 Å². The largest absolute Gasteiger partial charge is 0.497 e. The first-order chi connectivity index (χ1) is 21.7. The number of fused-ring (bicyclic) bond motifs is 2. The van der Waals surface area contributed by atoms with Crippen molar-refractivity contribution >= 4 is 11.6 Å². The van der Waals surface area contributed by atoms with E-state index in [-0.39, 0.29) is 23.2 Å². The molecule has 2 fully saturated rings. The Kier molecular flexibility index (Phi) is 9.25. The first-order valence-corrected chi connectivity index (χ1v) is 16.6. The summed E-state index contributed by atoms with van der Waals surface area (Å²) in [6, 6.07) is 8.14. The van der Waals surface area contributed by atoms with Gasteiger partial charge in [-0.05, 0) is 119 Å². The van der Waals surface area contributed by atoms with E-state index in [1.54, 1.807) is 13.2 Å². The molecule has 2 aromatic carbocycles. The smallest absolute Gasteiger partial charge is 0.251 e. The maximum absolute atomic E-state index is 16.0. The molecule has 1 atom stereocenters. The number of allylic oxidation sites excluding steroid dienone is 2. The number of rotatable bonds is 8. The van der Waals surface area contributed by atoms with E-state index in [1.165, 1.54) is 5.56 Å². The number of carbonyl (C=O) groups excluding carboxylic acids is 1. The minimum absolute atomic E-state index is 0.0235. The lowest BCUT2D eigenvalue weighted by Gasteiger charge is -2.37. The highest BCUT2D eigenvalue weighted by Crippen LogP contribution is 2.48. The summed E-state index contributed by atoms with van der Waals surface area (Å²) in [5.74, 6) is 0.360. The summed E-state index contributed by atoms with van der Waals surface area (Å²) in [6.07, 6.45) is 7.66. The average Bonchev–Trinajstić information content (AvgIpc) is 3.37. The topological polar surface area (TPSA) is 72.1 Å². The quantitative estimate of drug-likeness (QED) is 0.361. The first kappa shape index (κ1) is 31.6. The van der Waals surface area contributed by atoms with Crippen LogP contribution in [0.1, 0.15) is 79.9 Å². The molecule has 1 unspecified atom stereocenters. The molecule has 242 valence electrons. The van der Waals surface area contributed by atoms with Gasteiger partial charge in [-0.1, -0.05) is 0 Å². The summed E-state index contributed by atoms with van der Waals surface area (Å²) in [6.45, 7) is 12.3. The zero-order valence-electron chi connectivity index (χ0n) is 27.5. The molecular weight excluding hydrogens is 569 g/mol. The summed E-state index contributed by atoms with van der Waals surface area (Å²) in [7, 11) is 1.66. The highest BCUT2D eigenvalue weighted by atomic mass is 19.1. The van der Waals surface area contributed by atoms with Gasteiger partial charge in [0.1, 0.15) is 11.6 Å². The third-order valence-electron chi connectivity index (χ3n) is 10.6. The van der Waals surface area contributed by atoms with Gasteiger partial charge in [0.15, 0.2) is 0 Å². The number of anilines is 1. The number of nitrogens with one attached hydrogen (secondary N) is 2. The second-order valence-electron chi connectivity index (χ2n) is 13.1. The molecule has 1 amide bonds. The normalized spacial score (nSPS) is 21.3. The minimum Gasteiger partial charge on any atom is -0.497 e. The first-order valence-electron chi connectivity index (χ1n) is 16.6. The Morgan fingerprint density at radius 1 is 1.09 bits per heavy atom. The number of aryl methyl sites for hydroxylation is 1. The molecule has 0 radical (unpaired) electrons. The molecule has 1 spiro atoms. The van der Waals surface area contributed by atoms with Gasteiger partial charge in [0.05, 0.1) is 7.11 Å². The molecule has 0 bridgehead atoms. The zero-order valence-corrected chi connectivity index (χ0v) is 27.5. The van der Waals surface area contributed by atoms with Gasteiger partial charge in [-0.25, -0.2) is 4.39 Å². The van der Waals surface area contributed by atoms with Crippen molar-refractivity contribution < 1.29 is 23.4 Å². The highest BCUT2D eigenvalue weighted by molar-refractivity contribution is 5.99. The zero-order chi connectivity index (χ0) is 31.7. The lowest BCUT2D eigenvalue weighted by atomic mass is 9.75. The number of nitrogens with zero attached hydrogens (tertiary/aromatic N) is 1. The van der Waals surface area contributed by atoms with Gasteiger partial charge in [-0.15, -0.1) is 0 Å². The van der Waals surface area contributed by atoms with Crippen LogP contribution in [0.5, 0.6) is 0 Å². The van der Waals surface area contributed by atoms with Crippen LogP contribution in [0.15, 0.2) is 47.4 Å². The second-order valence-corrected chi connectivity index (χ2v) is 13.1. The molecule has 45 heavy (non-hydrogen) atoms. The number of benzene rings is 2. The SMILES string of the molecule is CCN(c1cc(-c2cc3c(cc2F)CCC32CCOCC2)cc(C(=O)NCC2=C(OC)C=C(C)NC2C)c1C)C1CCOCC1. The third-order valence-corrected chi connectivity index (χ3v) is 10.6. The van der Waals surface area contributed by atoms with Gasteiger partial charge in [-0.3, -0.25) is 4.79 Å². The van der Waals surface area contributed by atoms with Crippen LogP contribution in [0.2, 0.25) is 0 Å². The lowest BCUT2D eigenvalue weighted by Crippen LogP contribution is -2.40. The molecule has 2 saturated heterocycles. The van der Waals surface area contributed by atoms with Crippen molar-refractivity contribution in [3.05, 3.63) is 75.4 Å². The molecule has 2 N–H and O–H groups in total. The Balaban J connectivity index is 1.42. The van der Waals surface area contributed by atoms with E-state index in [9.17, 15) is 4.79 Å². The Labute approximate surface area is 267 Å². The predicted molar refractivity (Wildman–Crippen MR) is 176 cm³/mol. The predicted octanol–water partition coefficient (Wildman–Crippen LogP) is 6.33. The van der Waals surface area contributed by atoms with Gasteiger partial charge in [0.25, 0.3) is 5.91 Å². The van der Waals surface area contributed by atoms with E-state index in [0.29, 0.717) is 23.7 Å². The van der Waals surface area contributed by atoms with E-state index in [0.717, 1.165) is 111 Å². The Hall–Kier alpha value is -3.36. The molecule has 2 aromatic rings. The fraction of sp³-hybridized carbons (Fsp3) is 0.541. The fourth-order valence-corrected chi connectivity index (χ4v) is 8.01. The second kappa shape index (κ2) is 13.2. The van der Waals surface area contributed by atoms with Gasteiger partial charge in [-0.2, -0.15) is 0 Å². The van der Waals surface area contributed by atoms with Gasteiger partial charge >= 0.3 is 0 Å². The van der Waals surface area contributed by atoms with Gasteiger partial charge < -0.3 is 29.7 Å². The van der Waals surface area contributed by atoms with E-state index >= 15 is 4.39 Å². The van der Waals surface area contributed by atoms with E-state index in [2.05, 4.69) is 41.5 Å². The molecule has 0 aromatic heterocycles. The van der Waals surface area contributed by atoms with E-state index < -0.39 is 0 Å². The minimum atomic E-state index is -0.229. The Morgan fingerprint density at radius 3 is 2.53 bits per heavy atom. The molecule has 1 aliphatic carbocycles. The standard InChI is InChI=1S/C37H48FN3O4/c1-6-41(28-8-13-44-14-9-28)34-20-27(30-21-32-26(19-33(30)38)7-10-37(32)11-15-45-16-12-37)18-29(24(34)3)36(42)39-22-31-25(4)40-23(2)17-35(31)43-5/h17-21,25,28,40H,6-16,22H2,1-5H3,(H,39,42). The van der Waals surface area contributed by atoms with Crippen LogP contribution < -0.4 is 15.5 Å². The average molecular weight is 618 g/mol. The number of halogens is 1. The molecule has 4 aliphatic rings. The number of amides is 1. The van der Waals surface area contributed by atoms with Crippen LogP contribution >= 0.6 is 0 Å². The number of dihydropyridines is 1. The van der Waals surface area contributed by atoms with Crippen LogP contribution in [-0.2, 0) is 26.0 Å². The molecule has 8 heteroatoms. The van der Waals surface area contributed by atoms with Crippen molar-refractivity contribution in [3.8, 4) is 11.1 Å².